The van der Waals surface area contributed by atoms with Crippen LogP contribution in [0.5, 0.6) is 5.75 Å². The molecule has 0 amide bonds. The van der Waals surface area contributed by atoms with E-state index in [1.54, 1.807) is 58.0 Å². The second-order valence-corrected chi connectivity index (χ2v) is 11.3. The number of aromatic nitrogens is 1. The van der Waals surface area contributed by atoms with Gasteiger partial charge in [-0.05, 0) is 87.7 Å². The highest BCUT2D eigenvalue weighted by Crippen LogP contribution is 2.26. The Hall–Kier alpha value is -4.40. The van der Waals surface area contributed by atoms with Crippen molar-refractivity contribution in [3.05, 3.63) is 101 Å². The van der Waals surface area contributed by atoms with E-state index in [0.717, 1.165) is 22.0 Å². The van der Waals surface area contributed by atoms with Gasteiger partial charge in [-0.2, -0.15) is 5.06 Å². The molecule has 3 aromatic carbocycles. The molecular formula is C33H37N3O6. The molecule has 0 bridgehead atoms. The number of benzene rings is 3. The topological polar surface area (TPSA) is 127 Å². The Labute approximate surface area is 245 Å². The Bertz CT molecular complexity index is 1570. The molecule has 0 saturated carbocycles. The van der Waals surface area contributed by atoms with Crippen molar-refractivity contribution >= 4 is 28.5 Å². The van der Waals surface area contributed by atoms with Crippen molar-refractivity contribution < 1.29 is 29.4 Å². The first-order valence-corrected chi connectivity index (χ1v) is 13.7. The van der Waals surface area contributed by atoms with Crippen LogP contribution < -0.4 is 10.5 Å². The van der Waals surface area contributed by atoms with Crippen molar-refractivity contribution in [2.75, 3.05) is 12.3 Å². The molecule has 0 radical (unpaired) electrons. The highest BCUT2D eigenvalue weighted by atomic mass is 16.7. The van der Waals surface area contributed by atoms with Gasteiger partial charge in [0.15, 0.2) is 5.94 Å². The van der Waals surface area contributed by atoms with Gasteiger partial charge < -0.3 is 25.3 Å². The minimum Gasteiger partial charge on any atom is -0.477 e. The van der Waals surface area contributed by atoms with Crippen LogP contribution in [0.15, 0.2) is 84.6 Å². The quantitative estimate of drug-likeness (QED) is 0.0929. The van der Waals surface area contributed by atoms with Crippen molar-refractivity contribution in [2.24, 2.45) is 0 Å². The number of nitrogen functional groups attached to an aromatic ring is 1. The van der Waals surface area contributed by atoms with Crippen molar-refractivity contribution in [2.45, 2.75) is 58.4 Å². The standard InChI is InChI=1S/C33H37N3O6/c1-22(36(42-33(2,3)4)20-30(38)31(21-37)41-27-8-6-5-7-9-27)16-24-12-15-28-25(17-24)18-29(32(39)40)35(28)19-23-10-13-26(34)14-11-23/h5-15,17-18,22,30,38H,16,19-20,34H2,1-4H3,(H,39,40). The Kier molecular flexibility index (Phi) is 9.50. The fourth-order valence-electron chi connectivity index (χ4n) is 4.73. The summed E-state index contributed by atoms with van der Waals surface area (Å²) in [5, 5.41) is 23.3. The summed E-state index contributed by atoms with van der Waals surface area (Å²) < 4.78 is 7.37. The average molecular weight is 572 g/mol. The summed E-state index contributed by atoms with van der Waals surface area (Å²) in [5.74, 6) is 0.897. The number of hydroxylamine groups is 2. The summed E-state index contributed by atoms with van der Waals surface area (Å²) in [6.45, 7) is 8.03. The highest BCUT2D eigenvalue weighted by molar-refractivity contribution is 5.95. The third-order valence-corrected chi connectivity index (χ3v) is 6.65. The van der Waals surface area contributed by atoms with E-state index < -0.39 is 17.7 Å². The molecule has 9 heteroatoms. The molecule has 4 N–H and O–H groups in total. The second-order valence-electron chi connectivity index (χ2n) is 11.3. The van der Waals surface area contributed by atoms with E-state index >= 15 is 0 Å². The maximum Gasteiger partial charge on any atom is 0.352 e. The molecule has 1 heterocycles. The number of anilines is 1. The number of para-hydroxylation sites is 1. The van der Waals surface area contributed by atoms with Crippen LogP contribution in [-0.4, -0.2) is 56.0 Å². The maximum absolute atomic E-state index is 12.1. The van der Waals surface area contributed by atoms with Gasteiger partial charge in [-0.1, -0.05) is 36.4 Å². The molecular weight excluding hydrogens is 534 g/mol. The lowest BCUT2D eigenvalue weighted by molar-refractivity contribution is -0.254. The van der Waals surface area contributed by atoms with Crippen LogP contribution >= 0.6 is 0 Å². The van der Waals surface area contributed by atoms with Gasteiger partial charge >= 0.3 is 5.97 Å². The van der Waals surface area contributed by atoms with Gasteiger partial charge in [-0.25, -0.2) is 9.59 Å². The first kappa shape index (κ1) is 30.6. The Morgan fingerprint density at radius 3 is 2.31 bits per heavy atom. The van der Waals surface area contributed by atoms with Gasteiger partial charge in [0.1, 0.15) is 17.5 Å². The van der Waals surface area contributed by atoms with Gasteiger partial charge in [0.2, 0.25) is 5.76 Å². The SMILES string of the molecule is CC(Cc1ccc2c(c1)cc(C(=O)O)n2Cc1ccc(N)cc1)N(CC(O)C(=C=O)Oc1ccccc1)OC(C)(C)C. The number of aromatic carboxylic acids is 1. The molecule has 2 unspecified atom stereocenters. The van der Waals surface area contributed by atoms with Gasteiger partial charge in [0.25, 0.3) is 0 Å². The van der Waals surface area contributed by atoms with Gasteiger partial charge in [-0.3, -0.25) is 4.84 Å². The zero-order valence-electron chi connectivity index (χ0n) is 24.3. The average Bonchev–Trinajstić information content (AvgIpc) is 3.30. The third kappa shape index (κ3) is 7.87. The molecule has 2 atom stereocenters. The van der Waals surface area contributed by atoms with Crippen LogP contribution in [0.3, 0.4) is 0 Å². The first-order valence-electron chi connectivity index (χ1n) is 13.7. The molecule has 0 saturated heterocycles. The first-order chi connectivity index (χ1) is 19.9. The number of hydrogen-bond acceptors (Lipinski definition) is 7. The molecule has 0 aliphatic carbocycles. The number of carboxylic acid groups (broad SMARTS) is 1. The Morgan fingerprint density at radius 2 is 1.69 bits per heavy atom. The van der Waals surface area contributed by atoms with E-state index in [-0.39, 0.29) is 24.0 Å². The van der Waals surface area contributed by atoms with Crippen molar-refractivity contribution in [3.8, 4) is 5.75 Å². The lowest BCUT2D eigenvalue weighted by atomic mass is 10.0. The van der Waals surface area contributed by atoms with E-state index in [1.807, 2.05) is 64.1 Å². The number of carbonyl (C=O) groups is 1. The molecule has 1 aromatic heterocycles. The zero-order valence-corrected chi connectivity index (χ0v) is 24.3. The van der Waals surface area contributed by atoms with Crippen LogP contribution in [0.4, 0.5) is 5.69 Å². The van der Waals surface area contributed by atoms with Crippen molar-refractivity contribution in [1.29, 1.82) is 0 Å². The van der Waals surface area contributed by atoms with E-state index in [1.165, 1.54) is 0 Å². The summed E-state index contributed by atoms with van der Waals surface area (Å²) >= 11 is 0. The number of nitrogens with two attached hydrogens (primary N) is 1. The maximum atomic E-state index is 12.1. The normalized spacial score (nSPS) is 13.1. The predicted octanol–water partition coefficient (Wildman–Crippen LogP) is 5.09. The predicted molar refractivity (Wildman–Crippen MR) is 162 cm³/mol. The molecule has 0 aliphatic heterocycles. The molecule has 0 spiro atoms. The fraction of sp³-hybridized carbons (Fsp3) is 0.303. The summed E-state index contributed by atoms with van der Waals surface area (Å²) in [4.78, 5) is 29.9. The Balaban J connectivity index is 1.55. The number of aliphatic hydroxyl groups excluding tert-OH is 1. The van der Waals surface area contributed by atoms with Crippen LogP contribution in [0.25, 0.3) is 10.9 Å². The lowest BCUT2D eigenvalue weighted by Crippen LogP contribution is -2.45. The van der Waals surface area contributed by atoms with Crippen LogP contribution in [0.2, 0.25) is 0 Å². The number of carbonyl (C=O) groups excluding carboxylic acids is 1. The van der Waals surface area contributed by atoms with Crippen LogP contribution in [0, 0.1) is 0 Å². The van der Waals surface area contributed by atoms with E-state index in [0.29, 0.717) is 24.4 Å². The number of fused-ring (bicyclic) bond motifs is 1. The third-order valence-electron chi connectivity index (χ3n) is 6.65. The van der Waals surface area contributed by atoms with Crippen molar-refractivity contribution in [1.82, 2.24) is 9.63 Å². The van der Waals surface area contributed by atoms with E-state index in [9.17, 15) is 19.8 Å². The molecule has 0 fully saturated rings. The largest absolute Gasteiger partial charge is 0.477 e. The summed E-state index contributed by atoms with van der Waals surface area (Å²) in [7, 11) is 0. The lowest BCUT2D eigenvalue weighted by Gasteiger charge is -2.35. The molecule has 220 valence electrons. The number of ether oxygens (including phenoxy) is 1. The van der Waals surface area contributed by atoms with E-state index in [2.05, 4.69) is 0 Å². The highest BCUT2D eigenvalue weighted by Gasteiger charge is 2.27. The molecule has 42 heavy (non-hydrogen) atoms. The molecule has 9 nitrogen and oxygen atoms in total. The van der Waals surface area contributed by atoms with Gasteiger partial charge in [0.05, 0.1) is 12.1 Å². The summed E-state index contributed by atoms with van der Waals surface area (Å²) in [6, 6.07) is 23.4. The summed E-state index contributed by atoms with van der Waals surface area (Å²) in [5.41, 5.74) is 8.78. The Morgan fingerprint density at radius 1 is 1.02 bits per heavy atom. The van der Waals surface area contributed by atoms with Gasteiger partial charge in [-0.15, -0.1) is 0 Å². The molecule has 0 aliphatic rings. The number of aliphatic hydroxyl groups is 1. The minimum absolute atomic E-state index is 0.0286. The van der Waals surface area contributed by atoms with Gasteiger partial charge in [0, 0.05) is 29.2 Å². The van der Waals surface area contributed by atoms with Crippen LogP contribution in [-0.2, 0) is 22.6 Å². The molecule has 4 rings (SSSR count). The smallest absolute Gasteiger partial charge is 0.352 e. The second kappa shape index (κ2) is 13.1. The number of hydrogen-bond donors (Lipinski definition) is 3. The number of nitrogens with zero attached hydrogens (tertiary/aromatic N) is 2. The summed E-state index contributed by atoms with van der Waals surface area (Å²) in [6.07, 6.45) is -0.750. The fourth-order valence-corrected chi connectivity index (χ4v) is 4.73. The monoisotopic (exact) mass is 571 g/mol. The van der Waals surface area contributed by atoms with E-state index in [4.69, 9.17) is 15.3 Å². The number of carboxylic acids is 1. The van der Waals surface area contributed by atoms with Crippen molar-refractivity contribution in [3.63, 3.8) is 0 Å². The minimum atomic E-state index is -1.28. The van der Waals surface area contributed by atoms with Crippen LogP contribution in [0.1, 0.15) is 49.3 Å². The zero-order chi connectivity index (χ0) is 30.4. The molecule has 4 aromatic rings. The number of rotatable bonds is 12.